The summed E-state index contributed by atoms with van der Waals surface area (Å²) in [7, 11) is 0. The van der Waals surface area contributed by atoms with Gasteiger partial charge >= 0.3 is 5.63 Å². The third-order valence-electron chi connectivity index (χ3n) is 7.33. The highest BCUT2D eigenvalue weighted by Crippen LogP contribution is 2.35. The van der Waals surface area contributed by atoms with Crippen LogP contribution in [0.15, 0.2) is 21.3 Å². The fourth-order valence-electron chi connectivity index (χ4n) is 5.87. The molecule has 0 bridgehead atoms. The van der Waals surface area contributed by atoms with Gasteiger partial charge in [-0.3, -0.25) is 4.79 Å². The van der Waals surface area contributed by atoms with Gasteiger partial charge in [-0.2, -0.15) is 0 Å². The Labute approximate surface area is 182 Å². The molecular weight excluding hydrogens is 392 g/mol. The second kappa shape index (κ2) is 8.65. The summed E-state index contributed by atoms with van der Waals surface area (Å²) < 4.78 is 11.6. The van der Waals surface area contributed by atoms with Crippen molar-refractivity contribution in [2.75, 3.05) is 26.2 Å². The van der Waals surface area contributed by atoms with Gasteiger partial charge in [0.25, 0.3) is 5.91 Å². The SMILES string of the molecule is Cc1cc(OCC(=O)NCC2CCCN3CCCCC23)c2c3c(c(=O)oc2c1)CCC3. The van der Waals surface area contributed by atoms with E-state index in [0.717, 1.165) is 47.9 Å². The average Bonchev–Trinajstić information content (AvgIpc) is 3.26. The van der Waals surface area contributed by atoms with E-state index >= 15 is 0 Å². The molecule has 2 aliphatic heterocycles. The van der Waals surface area contributed by atoms with Crippen molar-refractivity contribution in [3.63, 3.8) is 0 Å². The van der Waals surface area contributed by atoms with Crippen LogP contribution in [0.2, 0.25) is 0 Å². The number of nitrogens with zero attached hydrogens (tertiary/aromatic N) is 1. The number of hydrogen-bond acceptors (Lipinski definition) is 5. The second-order valence-corrected chi connectivity index (χ2v) is 9.43. The van der Waals surface area contributed by atoms with Crippen molar-refractivity contribution in [1.82, 2.24) is 10.2 Å². The van der Waals surface area contributed by atoms with Gasteiger partial charge in [0.05, 0.1) is 5.39 Å². The van der Waals surface area contributed by atoms with Gasteiger partial charge in [-0.25, -0.2) is 4.79 Å². The van der Waals surface area contributed by atoms with Crippen LogP contribution in [-0.2, 0) is 17.6 Å². The summed E-state index contributed by atoms with van der Waals surface area (Å²) >= 11 is 0. The summed E-state index contributed by atoms with van der Waals surface area (Å²) in [5.41, 5.74) is 3.06. The van der Waals surface area contributed by atoms with Crippen LogP contribution in [0, 0.1) is 12.8 Å². The molecule has 2 saturated heterocycles. The van der Waals surface area contributed by atoms with Gasteiger partial charge in [-0.05, 0) is 94.1 Å². The molecule has 5 rings (SSSR count). The van der Waals surface area contributed by atoms with Gasteiger partial charge in [-0.1, -0.05) is 6.42 Å². The maximum absolute atomic E-state index is 12.6. The van der Waals surface area contributed by atoms with Crippen molar-refractivity contribution in [2.45, 2.75) is 64.3 Å². The van der Waals surface area contributed by atoms with Crippen LogP contribution in [0.3, 0.4) is 0 Å². The molecule has 0 saturated carbocycles. The zero-order valence-electron chi connectivity index (χ0n) is 18.4. The first-order valence-electron chi connectivity index (χ1n) is 11.8. The first-order valence-corrected chi connectivity index (χ1v) is 11.8. The Hall–Kier alpha value is -2.34. The largest absolute Gasteiger partial charge is 0.483 e. The molecule has 1 N–H and O–H groups in total. The fourth-order valence-corrected chi connectivity index (χ4v) is 5.87. The highest BCUT2D eigenvalue weighted by molar-refractivity contribution is 5.89. The Morgan fingerprint density at radius 1 is 1.13 bits per heavy atom. The highest BCUT2D eigenvalue weighted by atomic mass is 16.5. The molecule has 2 fully saturated rings. The second-order valence-electron chi connectivity index (χ2n) is 9.43. The minimum absolute atomic E-state index is 0.0203. The minimum atomic E-state index is -0.237. The van der Waals surface area contributed by atoms with Gasteiger partial charge in [-0.15, -0.1) is 0 Å². The zero-order valence-corrected chi connectivity index (χ0v) is 18.4. The molecule has 0 spiro atoms. The molecule has 6 nitrogen and oxygen atoms in total. The van der Waals surface area contributed by atoms with Crippen molar-refractivity contribution in [3.05, 3.63) is 39.2 Å². The highest BCUT2D eigenvalue weighted by Gasteiger charge is 2.33. The molecule has 3 heterocycles. The standard InChI is InChI=1S/C25H32N2O4/c1-16-12-21(24-18-7-4-8-19(18)25(29)31-22(24)13-16)30-15-23(28)26-14-17-6-5-11-27-10-3-2-9-20(17)27/h12-13,17,20H,2-11,14-15H2,1H3,(H,26,28). The average molecular weight is 425 g/mol. The number of piperidine rings is 2. The molecule has 1 aliphatic carbocycles. The monoisotopic (exact) mass is 424 g/mol. The van der Waals surface area contributed by atoms with Crippen LogP contribution in [0.4, 0.5) is 0 Å². The van der Waals surface area contributed by atoms with Crippen LogP contribution in [-0.4, -0.2) is 43.1 Å². The third-order valence-corrected chi connectivity index (χ3v) is 7.33. The number of benzene rings is 1. The van der Waals surface area contributed by atoms with Crippen molar-refractivity contribution < 1.29 is 13.9 Å². The normalized spacial score (nSPS) is 23.4. The summed E-state index contributed by atoms with van der Waals surface area (Å²) in [5.74, 6) is 1.09. The molecule has 166 valence electrons. The van der Waals surface area contributed by atoms with E-state index in [1.807, 2.05) is 19.1 Å². The van der Waals surface area contributed by atoms with Crippen LogP contribution in [0.25, 0.3) is 11.0 Å². The zero-order chi connectivity index (χ0) is 21.4. The molecule has 1 aromatic carbocycles. The van der Waals surface area contributed by atoms with E-state index < -0.39 is 0 Å². The Bertz CT molecular complexity index is 1040. The lowest BCUT2D eigenvalue weighted by Crippen LogP contribution is -2.51. The van der Waals surface area contributed by atoms with Gasteiger partial charge in [0.1, 0.15) is 11.3 Å². The lowest BCUT2D eigenvalue weighted by atomic mass is 9.83. The topological polar surface area (TPSA) is 71.8 Å². The predicted molar refractivity (Wildman–Crippen MR) is 120 cm³/mol. The van der Waals surface area contributed by atoms with Crippen LogP contribution >= 0.6 is 0 Å². The van der Waals surface area contributed by atoms with E-state index in [4.69, 9.17) is 9.15 Å². The summed E-state index contributed by atoms with van der Waals surface area (Å²) in [6.45, 7) is 5.06. The van der Waals surface area contributed by atoms with Crippen LogP contribution in [0.5, 0.6) is 5.75 Å². The van der Waals surface area contributed by atoms with E-state index in [9.17, 15) is 9.59 Å². The Morgan fingerprint density at radius 2 is 1.97 bits per heavy atom. The summed E-state index contributed by atoms with van der Waals surface area (Å²) in [4.78, 5) is 27.5. The molecule has 31 heavy (non-hydrogen) atoms. The van der Waals surface area contributed by atoms with Crippen LogP contribution in [0.1, 0.15) is 55.2 Å². The van der Waals surface area contributed by atoms with E-state index in [1.54, 1.807) is 0 Å². The number of aryl methyl sites for hydroxylation is 2. The molecule has 3 aliphatic rings. The van der Waals surface area contributed by atoms with E-state index in [2.05, 4.69) is 10.2 Å². The van der Waals surface area contributed by atoms with E-state index in [-0.39, 0.29) is 18.1 Å². The van der Waals surface area contributed by atoms with Gasteiger partial charge < -0.3 is 19.4 Å². The Morgan fingerprint density at radius 3 is 2.87 bits per heavy atom. The van der Waals surface area contributed by atoms with Crippen molar-refractivity contribution in [2.24, 2.45) is 5.92 Å². The van der Waals surface area contributed by atoms with Crippen molar-refractivity contribution in [3.8, 4) is 5.75 Å². The van der Waals surface area contributed by atoms with E-state index in [0.29, 0.717) is 23.3 Å². The maximum Gasteiger partial charge on any atom is 0.339 e. The quantitative estimate of drug-likeness (QED) is 0.746. The molecule has 2 atom stereocenters. The number of amides is 1. The predicted octanol–water partition coefficient (Wildman–Crippen LogP) is 3.35. The van der Waals surface area contributed by atoms with Crippen molar-refractivity contribution >= 4 is 16.9 Å². The molecule has 1 amide bonds. The number of carbonyl (C=O) groups excluding carboxylic acids is 1. The summed E-state index contributed by atoms with van der Waals surface area (Å²) in [5, 5.41) is 3.97. The number of ether oxygens (including phenoxy) is 1. The van der Waals surface area contributed by atoms with Gasteiger partial charge in [0.2, 0.25) is 0 Å². The van der Waals surface area contributed by atoms with Crippen molar-refractivity contribution in [1.29, 1.82) is 0 Å². The third kappa shape index (κ3) is 4.10. The lowest BCUT2D eigenvalue weighted by Gasteiger charge is -2.44. The number of carbonyl (C=O) groups is 1. The molecule has 1 aromatic heterocycles. The van der Waals surface area contributed by atoms with Gasteiger partial charge in [0, 0.05) is 18.2 Å². The van der Waals surface area contributed by atoms with Crippen LogP contribution < -0.4 is 15.7 Å². The van der Waals surface area contributed by atoms with E-state index in [1.165, 1.54) is 45.2 Å². The fraction of sp³-hybridized carbons (Fsp3) is 0.600. The first kappa shape index (κ1) is 20.6. The first-order chi connectivity index (χ1) is 15.1. The lowest BCUT2D eigenvalue weighted by molar-refractivity contribution is -0.123. The minimum Gasteiger partial charge on any atom is -0.483 e. The molecular formula is C25H32N2O4. The summed E-state index contributed by atoms with van der Waals surface area (Å²) in [6.07, 6.45) is 8.82. The molecule has 6 heteroatoms. The number of fused-ring (bicyclic) bond motifs is 4. The Kier molecular flexibility index (Phi) is 5.74. The maximum atomic E-state index is 12.6. The summed E-state index contributed by atoms with van der Waals surface area (Å²) in [6, 6.07) is 4.44. The molecule has 2 aromatic rings. The number of hydrogen-bond donors (Lipinski definition) is 1. The Balaban J connectivity index is 1.26. The number of nitrogens with one attached hydrogen (secondary N) is 1. The number of rotatable bonds is 5. The van der Waals surface area contributed by atoms with Gasteiger partial charge in [0.15, 0.2) is 6.61 Å². The molecule has 2 unspecified atom stereocenters. The molecule has 0 radical (unpaired) electrons. The smallest absolute Gasteiger partial charge is 0.339 e.